The van der Waals surface area contributed by atoms with E-state index in [4.69, 9.17) is 4.74 Å². The zero-order valence-corrected chi connectivity index (χ0v) is 8.80. The standard InChI is InChI=1S/C9H13NO2S/c1-10-13(3,11)9-6-4-8(12-2)5-7-9/h4-7H,1-3H3. The summed E-state index contributed by atoms with van der Waals surface area (Å²) in [5.41, 5.74) is 0. The molecule has 0 saturated heterocycles. The number of nitrogens with zero attached hydrogens (tertiary/aromatic N) is 1. The Hall–Kier alpha value is -1.03. The van der Waals surface area contributed by atoms with E-state index >= 15 is 0 Å². The molecule has 1 aromatic carbocycles. The molecule has 0 N–H and O–H groups in total. The molecule has 0 saturated carbocycles. The molecule has 0 aliphatic heterocycles. The summed E-state index contributed by atoms with van der Waals surface area (Å²) in [5, 5.41) is 0. The second-order valence-corrected chi connectivity index (χ2v) is 5.10. The van der Waals surface area contributed by atoms with E-state index in [2.05, 4.69) is 4.36 Å². The Morgan fingerprint density at radius 1 is 1.31 bits per heavy atom. The van der Waals surface area contributed by atoms with Crippen LogP contribution in [0.1, 0.15) is 0 Å². The van der Waals surface area contributed by atoms with Crippen molar-refractivity contribution >= 4 is 9.73 Å². The van der Waals surface area contributed by atoms with Gasteiger partial charge >= 0.3 is 0 Å². The fraction of sp³-hybridized carbons (Fsp3) is 0.333. The molecule has 13 heavy (non-hydrogen) atoms. The van der Waals surface area contributed by atoms with Gasteiger partial charge in [-0.1, -0.05) is 0 Å². The molecule has 1 rings (SSSR count). The van der Waals surface area contributed by atoms with E-state index in [1.807, 2.05) is 0 Å². The Morgan fingerprint density at radius 2 is 1.85 bits per heavy atom. The first-order chi connectivity index (χ1) is 6.10. The molecule has 0 spiro atoms. The predicted molar refractivity (Wildman–Crippen MR) is 53.7 cm³/mol. The first-order valence-electron chi connectivity index (χ1n) is 3.84. The highest BCUT2D eigenvalue weighted by molar-refractivity contribution is 7.93. The summed E-state index contributed by atoms with van der Waals surface area (Å²) in [7, 11) is 0.958. The monoisotopic (exact) mass is 199 g/mol. The molecular formula is C9H13NO2S. The maximum atomic E-state index is 11.7. The lowest BCUT2D eigenvalue weighted by Crippen LogP contribution is -1.96. The molecule has 0 bridgehead atoms. The summed E-state index contributed by atoms with van der Waals surface area (Å²) in [6.07, 6.45) is 1.62. The Labute approximate surface area is 78.9 Å². The average Bonchev–Trinajstić information content (AvgIpc) is 2.18. The highest BCUT2D eigenvalue weighted by atomic mass is 32.2. The maximum Gasteiger partial charge on any atom is 0.118 e. The Bertz CT molecular complexity index is 389. The van der Waals surface area contributed by atoms with Crippen LogP contribution in [-0.2, 0) is 9.73 Å². The van der Waals surface area contributed by atoms with E-state index in [1.165, 1.54) is 0 Å². The summed E-state index contributed by atoms with van der Waals surface area (Å²) < 4.78 is 20.6. The summed E-state index contributed by atoms with van der Waals surface area (Å²) in [5.74, 6) is 0.759. The minimum absolute atomic E-state index is 0.732. The largest absolute Gasteiger partial charge is 0.497 e. The number of rotatable bonds is 2. The minimum Gasteiger partial charge on any atom is -0.497 e. The Morgan fingerprint density at radius 3 is 2.23 bits per heavy atom. The Kier molecular flexibility index (Phi) is 2.93. The molecule has 72 valence electrons. The van der Waals surface area contributed by atoms with E-state index in [0.717, 1.165) is 10.6 Å². The van der Waals surface area contributed by atoms with Gasteiger partial charge in [0.25, 0.3) is 0 Å². The van der Waals surface area contributed by atoms with Crippen molar-refractivity contribution in [3.05, 3.63) is 24.3 Å². The zero-order valence-electron chi connectivity index (χ0n) is 7.98. The fourth-order valence-electron chi connectivity index (χ4n) is 0.934. The lowest BCUT2D eigenvalue weighted by atomic mass is 10.3. The summed E-state index contributed by atoms with van der Waals surface area (Å²) in [4.78, 5) is 0.732. The van der Waals surface area contributed by atoms with Gasteiger partial charge in [-0.05, 0) is 24.3 Å². The molecule has 0 aromatic heterocycles. The van der Waals surface area contributed by atoms with Gasteiger partial charge in [-0.25, -0.2) is 8.57 Å². The van der Waals surface area contributed by atoms with Crippen LogP contribution >= 0.6 is 0 Å². The number of ether oxygens (including phenoxy) is 1. The number of hydrogen-bond acceptors (Lipinski definition) is 3. The van der Waals surface area contributed by atoms with E-state index < -0.39 is 9.73 Å². The van der Waals surface area contributed by atoms with Crippen LogP contribution in [0.25, 0.3) is 0 Å². The van der Waals surface area contributed by atoms with Crippen LogP contribution in [0.4, 0.5) is 0 Å². The summed E-state index contributed by atoms with van der Waals surface area (Å²) in [6, 6.07) is 7.11. The molecular weight excluding hydrogens is 186 g/mol. The van der Waals surface area contributed by atoms with Crippen LogP contribution in [0.5, 0.6) is 5.75 Å². The van der Waals surface area contributed by atoms with Gasteiger partial charge in [-0.3, -0.25) is 0 Å². The smallest absolute Gasteiger partial charge is 0.118 e. The van der Waals surface area contributed by atoms with Crippen LogP contribution in [-0.4, -0.2) is 24.6 Å². The minimum atomic E-state index is -2.20. The van der Waals surface area contributed by atoms with Crippen LogP contribution in [0.3, 0.4) is 0 Å². The lowest BCUT2D eigenvalue weighted by Gasteiger charge is -2.04. The van der Waals surface area contributed by atoms with Crippen molar-refractivity contribution < 1.29 is 8.95 Å². The third-order valence-electron chi connectivity index (χ3n) is 1.85. The van der Waals surface area contributed by atoms with Crippen molar-refractivity contribution in [3.63, 3.8) is 0 Å². The molecule has 3 nitrogen and oxygen atoms in total. The van der Waals surface area contributed by atoms with Gasteiger partial charge in [0.05, 0.1) is 16.8 Å². The van der Waals surface area contributed by atoms with Crippen molar-refractivity contribution in [3.8, 4) is 5.75 Å². The highest BCUT2D eigenvalue weighted by Gasteiger charge is 2.03. The molecule has 1 aromatic rings. The first kappa shape index (κ1) is 10.1. The molecule has 1 atom stereocenters. The second-order valence-electron chi connectivity index (χ2n) is 2.66. The van der Waals surface area contributed by atoms with E-state index in [1.54, 1.807) is 44.7 Å². The van der Waals surface area contributed by atoms with Crippen LogP contribution in [0, 0.1) is 0 Å². The van der Waals surface area contributed by atoms with Gasteiger partial charge in [-0.15, -0.1) is 0 Å². The van der Waals surface area contributed by atoms with Gasteiger partial charge in [0.2, 0.25) is 0 Å². The van der Waals surface area contributed by atoms with E-state index in [-0.39, 0.29) is 0 Å². The van der Waals surface area contributed by atoms with Crippen molar-refractivity contribution in [1.82, 2.24) is 0 Å². The van der Waals surface area contributed by atoms with Crippen molar-refractivity contribution in [2.45, 2.75) is 4.90 Å². The summed E-state index contributed by atoms with van der Waals surface area (Å²) in [6.45, 7) is 0. The molecule has 0 radical (unpaired) electrons. The third-order valence-corrected chi connectivity index (χ3v) is 3.69. The third kappa shape index (κ3) is 2.21. The predicted octanol–water partition coefficient (Wildman–Crippen LogP) is 1.78. The highest BCUT2D eigenvalue weighted by Crippen LogP contribution is 2.16. The quantitative estimate of drug-likeness (QED) is 0.728. The van der Waals surface area contributed by atoms with Crippen molar-refractivity contribution in [2.75, 3.05) is 20.4 Å². The fourth-order valence-corrected chi connectivity index (χ4v) is 1.79. The molecule has 0 fully saturated rings. The maximum absolute atomic E-state index is 11.7. The van der Waals surface area contributed by atoms with E-state index in [9.17, 15) is 4.21 Å². The van der Waals surface area contributed by atoms with E-state index in [0.29, 0.717) is 0 Å². The molecule has 0 aliphatic rings. The number of hydrogen-bond donors (Lipinski definition) is 0. The average molecular weight is 199 g/mol. The van der Waals surface area contributed by atoms with Crippen molar-refractivity contribution in [2.24, 2.45) is 4.36 Å². The molecule has 0 amide bonds. The van der Waals surface area contributed by atoms with Crippen LogP contribution in [0.2, 0.25) is 0 Å². The summed E-state index contributed by atoms with van der Waals surface area (Å²) >= 11 is 0. The molecule has 0 heterocycles. The normalized spacial score (nSPS) is 14.7. The number of methoxy groups -OCH3 is 1. The second kappa shape index (κ2) is 3.79. The zero-order chi connectivity index (χ0) is 9.90. The van der Waals surface area contributed by atoms with Gasteiger partial charge in [0.1, 0.15) is 5.75 Å². The SMILES string of the molecule is CN=S(C)(=O)c1ccc(OC)cc1. The van der Waals surface area contributed by atoms with Gasteiger partial charge in [-0.2, -0.15) is 0 Å². The first-order valence-corrected chi connectivity index (χ1v) is 5.77. The molecule has 1 unspecified atom stereocenters. The van der Waals surface area contributed by atoms with Gasteiger partial charge in [0.15, 0.2) is 0 Å². The van der Waals surface area contributed by atoms with Gasteiger partial charge in [0, 0.05) is 18.2 Å². The topological polar surface area (TPSA) is 38.7 Å². The lowest BCUT2D eigenvalue weighted by molar-refractivity contribution is 0.414. The molecule has 0 aliphatic carbocycles. The van der Waals surface area contributed by atoms with Crippen LogP contribution < -0.4 is 4.74 Å². The van der Waals surface area contributed by atoms with Crippen molar-refractivity contribution in [1.29, 1.82) is 0 Å². The Balaban J connectivity index is 3.14. The number of benzene rings is 1. The molecule has 4 heteroatoms. The van der Waals surface area contributed by atoms with Gasteiger partial charge < -0.3 is 4.74 Å². The van der Waals surface area contributed by atoms with Crippen LogP contribution in [0.15, 0.2) is 33.5 Å².